The molecule has 4 rings (SSSR count). The second kappa shape index (κ2) is 6.71. The third-order valence-corrected chi connectivity index (χ3v) is 4.81. The fourth-order valence-corrected chi connectivity index (χ4v) is 3.32. The molecule has 1 saturated heterocycles. The average Bonchev–Trinajstić information content (AvgIpc) is 3.10. The van der Waals surface area contributed by atoms with Gasteiger partial charge in [-0.2, -0.15) is 0 Å². The molecule has 0 radical (unpaired) electrons. The standard InChI is InChI=1S/C19H19N5O3/c1-14-5-6-23-13-17(20-18(23)11-14)19(25)22-9-7-21(8-10-22)15-3-2-4-16(12-15)24(26)27/h2-6,11-13H,7-10H2,1H3. The van der Waals surface area contributed by atoms with Crippen molar-refractivity contribution in [2.75, 3.05) is 31.1 Å². The molecule has 8 nitrogen and oxygen atoms in total. The van der Waals surface area contributed by atoms with Crippen LogP contribution < -0.4 is 4.90 Å². The summed E-state index contributed by atoms with van der Waals surface area (Å²) in [6, 6.07) is 10.5. The molecule has 0 spiro atoms. The van der Waals surface area contributed by atoms with Crippen LogP contribution in [0, 0.1) is 17.0 Å². The van der Waals surface area contributed by atoms with Crippen LogP contribution in [0.15, 0.2) is 48.8 Å². The fourth-order valence-electron chi connectivity index (χ4n) is 3.32. The van der Waals surface area contributed by atoms with Crippen molar-refractivity contribution in [2.24, 2.45) is 0 Å². The van der Waals surface area contributed by atoms with Gasteiger partial charge in [0.2, 0.25) is 0 Å². The van der Waals surface area contributed by atoms with Crippen molar-refractivity contribution in [2.45, 2.75) is 6.92 Å². The zero-order valence-corrected chi connectivity index (χ0v) is 14.9. The van der Waals surface area contributed by atoms with E-state index in [9.17, 15) is 14.9 Å². The summed E-state index contributed by atoms with van der Waals surface area (Å²) in [4.78, 5) is 31.6. The van der Waals surface area contributed by atoms with Crippen molar-refractivity contribution in [3.05, 3.63) is 70.2 Å². The second-order valence-electron chi connectivity index (χ2n) is 6.65. The van der Waals surface area contributed by atoms with Crippen molar-refractivity contribution >= 4 is 22.9 Å². The van der Waals surface area contributed by atoms with E-state index in [0.29, 0.717) is 31.9 Å². The van der Waals surface area contributed by atoms with Crippen molar-refractivity contribution in [3.63, 3.8) is 0 Å². The molecule has 0 saturated carbocycles. The highest BCUT2D eigenvalue weighted by Crippen LogP contribution is 2.22. The molecule has 8 heteroatoms. The lowest BCUT2D eigenvalue weighted by molar-refractivity contribution is -0.384. The van der Waals surface area contributed by atoms with Gasteiger partial charge in [-0.05, 0) is 30.7 Å². The van der Waals surface area contributed by atoms with Gasteiger partial charge in [-0.25, -0.2) is 4.98 Å². The lowest BCUT2D eigenvalue weighted by Crippen LogP contribution is -2.48. The van der Waals surface area contributed by atoms with Gasteiger partial charge in [-0.1, -0.05) is 6.07 Å². The Kier molecular flexibility index (Phi) is 4.23. The maximum Gasteiger partial charge on any atom is 0.274 e. The highest BCUT2D eigenvalue weighted by molar-refractivity contribution is 5.93. The van der Waals surface area contributed by atoms with Crippen LogP contribution in [0.25, 0.3) is 5.65 Å². The first-order valence-corrected chi connectivity index (χ1v) is 8.75. The smallest absolute Gasteiger partial charge is 0.274 e. The fraction of sp³-hybridized carbons (Fsp3) is 0.263. The average molecular weight is 365 g/mol. The predicted molar refractivity (Wildman–Crippen MR) is 101 cm³/mol. The van der Waals surface area contributed by atoms with Crippen LogP contribution in [-0.2, 0) is 0 Å². The maximum atomic E-state index is 12.8. The number of nitro benzene ring substituents is 1. The third-order valence-electron chi connectivity index (χ3n) is 4.81. The number of hydrogen-bond acceptors (Lipinski definition) is 5. The number of nitrogens with zero attached hydrogens (tertiary/aromatic N) is 5. The van der Waals surface area contributed by atoms with Crippen LogP contribution in [0.3, 0.4) is 0 Å². The third kappa shape index (κ3) is 3.33. The monoisotopic (exact) mass is 365 g/mol. The molecule has 0 N–H and O–H groups in total. The summed E-state index contributed by atoms with van der Waals surface area (Å²) in [6.45, 7) is 4.34. The Balaban J connectivity index is 1.46. The molecule has 2 aromatic heterocycles. The van der Waals surface area contributed by atoms with Gasteiger partial charge in [0.05, 0.1) is 4.92 Å². The van der Waals surface area contributed by atoms with E-state index in [2.05, 4.69) is 9.88 Å². The van der Waals surface area contributed by atoms with Gasteiger partial charge in [-0.15, -0.1) is 0 Å². The number of hydrogen-bond donors (Lipinski definition) is 0. The molecule has 3 aromatic rings. The van der Waals surface area contributed by atoms with Crippen LogP contribution in [0.4, 0.5) is 11.4 Å². The van der Waals surface area contributed by atoms with Gasteiger partial charge in [0.25, 0.3) is 11.6 Å². The van der Waals surface area contributed by atoms with Gasteiger partial charge < -0.3 is 14.2 Å². The number of piperazine rings is 1. The van der Waals surface area contributed by atoms with Gasteiger partial charge in [-0.3, -0.25) is 14.9 Å². The van der Waals surface area contributed by atoms with Crippen molar-refractivity contribution in [1.82, 2.24) is 14.3 Å². The van der Waals surface area contributed by atoms with Crippen molar-refractivity contribution in [3.8, 4) is 0 Å². The molecular weight excluding hydrogens is 346 g/mol. The SMILES string of the molecule is Cc1ccn2cc(C(=O)N3CCN(c4cccc([N+](=O)[O-])c4)CC3)nc2c1. The van der Waals surface area contributed by atoms with Gasteiger partial charge in [0, 0.05) is 56.4 Å². The number of carbonyl (C=O) groups excluding carboxylic acids is 1. The van der Waals surface area contributed by atoms with E-state index in [1.165, 1.54) is 6.07 Å². The molecule has 0 bridgehead atoms. The normalized spacial score (nSPS) is 14.6. The topological polar surface area (TPSA) is 84.0 Å². The number of amides is 1. The Labute approximate surface area is 155 Å². The highest BCUT2D eigenvalue weighted by Gasteiger charge is 2.24. The number of anilines is 1. The molecule has 1 fully saturated rings. The van der Waals surface area contributed by atoms with Crippen molar-refractivity contribution in [1.29, 1.82) is 0 Å². The Morgan fingerprint density at radius 3 is 2.67 bits per heavy atom. The van der Waals surface area contributed by atoms with Crippen LogP contribution >= 0.6 is 0 Å². The molecule has 1 aliphatic rings. The predicted octanol–water partition coefficient (Wildman–Crippen LogP) is 2.51. The van der Waals surface area contributed by atoms with E-state index in [0.717, 1.165) is 16.9 Å². The van der Waals surface area contributed by atoms with E-state index < -0.39 is 4.92 Å². The number of benzene rings is 1. The number of fused-ring (bicyclic) bond motifs is 1. The molecule has 27 heavy (non-hydrogen) atoms. The summed E-state index contributed by atoms with van der Waals surface area (Å²) < 4.78 is 1.85. The Hall–Kier alpha value is -3.42. The van der Waals surface area contributed by atoms with Crippen molar-refractivity contribution < 1.29 is 9.72 Å². The van der Waals surface area contributed by atoms with Crippen LogP contribution in [0.2, 0.25) is 0 Å². The largest absolute Gasteiger partial charge is 0.368 e. The number of nitro groups is 1. The van der Waals surface area contributed by atoms with Gasteiger partial charge in [0.15, 0.2) is 0 Å². The number of aryl methyl sites for hydroxylation is 1. The van der Waals surface area contributed by atoms with Crippen LogP contribution in [-0.4, -0.2) is 51.3 Å². The molecule has 1 aliphatic heterocycles. The maximum absolute atomic E-state index is 12.8. The molecule has 0 aliphatic carbocycles. The summed E-state index contributed by atoms with van der Waals surface area (Å²) in [7, 11) is 0. The van der Waals surface area contributed by atoms with Crippen LogP contribution in [0.1, 0.15) is 16.1 Å². The summed E-state index contributed by atoms with van der Waals surface area (Å²) in [5.41, 5.74) is 3.17. The van der Waals surface area contributed by atoms with Gasteiger partial charge in [0.1, 0.15) is 11.3 Å². The van der Waals surface area contributed by atoms with E-state index >= 15 is 0 Å². The molecule has 0 unspecified atom stereocenters. The zero-order valence-electron chi connectivity index (χ0n) is 14.9. The Morgan fingerprint density at radius 2 is 1.93 bits per heavy atom. The molecule has 1 aromatic carbocycles. The van der Waals surface area contributed by atoms with Crippen LogP contribution in [0.5, 0.6) is 0 Å². The minimum Gasteiger partial charge on any atom is -0.368 e. The number of carbonyl (C=O) groups is 1. The van der Waals surface area contributed by atoms with Gasteiger partial charge >= 0.3 is 0 Å². The number of pyridine rings is 1. The van der Waals surface area contributed by atoms with E-state index in [1.807, 2.05) is 35.7 Å². The first-order chi connectivity index (χ1) is 13.0. The molecule has 3 heterocycles. The van der Waals surface area contributed by atoms with E-state index in [-0.39, 0.29) is 11.6 Å². The minimum absolute atomic E-state index is 0.0750. The molecule has 138 valence electrons. The first kappa shape index (κ1) is 17.0. The second-order valence-corrected chi connectivity index (χ2v) is 6.65. The summed E-state index contributed by atoms with van der Waals surface area (Å²) in [6.07, 6.45) is 3.65. The quantitative estimate of drug-likeness (QED) is 0.526. The summed E-state index contributed by atoms with van der Waals surface area (Å²) >= 11 is 0. The molecule has 0 atom stereocenters. The zero-order chi connectivity index (χ0) is 19.0. The summed E-state index contributed by atoms with van der Waals surface area (Å²) in [5.74, 6) is -0.0879. The Morgan fingerprint density at radius 1 is 1.15 bits per heavy atom. The number of rotatable bonds is 3. The van der Waals surface area contributed by atoms with E-state index in [1.54, 1.807) is 23.2 Å². The molecular formula is C19H19N5O3. The number of non-ortho nitro benzene ring substituents is 1. The minimum atomic E-state index is -0.394. The summed E-state index contributed by atoms with van der Waals surface area (Å²) in [5, 5.41) is 11.0. The van der Waals surface area contributed by atoms with E-state index in [4.69, 9.17) is 0 Å². The number of aromatic nitrogens is 2. The molecule has 1 amide bonds. The first-order valence-electron chi connectivity index (χ1n) is 8.75. The lowest BCUT2D eigenvalue weighted by atomic mass is 10.2. The Bertz CT molecular complexity index is 1020. The number of imidazole rings is 1. The highest BCUT2D eigenvalue weighted by atomic mass is 16.6. The lowest BCUT2D eigenvalue weighted by Gasteiger charge is -2.35.